The molecule has 2 aromatic rings. The van der Waals surface area contributed by atoms with E-state index in [0.717, 1.165) is 16.8 Å². The number of amides is 1. The number of nitrogens with zero attached hydrogens (tertiary/aromatic N) is 2. The Bertz CT molecular complexity index is 1020. The predicted molar refractivity (Wildman–Crippen MR) is 127 cm³/mol. The van der Waals surface area contributed by atoms with E-state index in [1.807, 2.05) is 53.5 Å². The van der Waals surface area contributed by atoms with Crippen LogP contribution in [0.15, 0.2) is 66.3 Å². The molecule has 1 saturated heterocycles. The van der Waals surface area contributed by atoms with Gasteiger partial charge in [-0.05, 0) is 47.9 Å². The maximum absolute atomic E-state index is 13.0. The summed E-state index contributed by atoms with van der Waals surface area (Å²) in [4.78, 5) is 17.1. The zero-order valence-electron chi connectivity index (χ0n) is 16.8. The van der Waals surface area contributed by atoms with Crippen LogP contribution in [0, 0.1) is 0 Å². The van der Waals surface area contributed by atoms with Crippen molar-refractivity contribution in [1.29, 1.82) is 0 Å². The predicted octanol–water partition coefficient (Wildman–Crippen LogP) is 5.67. The third kappa shape index (κ3) is 5.27. The molecule has 2 atom stereocenters. The zero-order valence-corrected chi connectivity index (χ0v) is 19.1. The molecule has 0 saturated carbocycles. The molecule has 0 bridgehead atoms. The molecule has 7 heteroatoms. The topological polar surface area (TPSA) is 43.8 Å². The summed E-state index contributed by atoms with van der Waals surface area (Å²) in [7, 11) is 0. The molecule has 4 rings (SSSR count). The Morgan fingerprint density at radius 3 is 2.48 bits per heavy atom. The van der Waals surface area contributed by atoms with E-state index in [0.29, 0.717) is 41.1 Å². The van der Waals surface area contributed by atoms with Gasteiger partial charge in [-0.25, -0.2) is 0 Å². The molecule has 31 heavy (non-hydrogen) atoms. The first-order valence-corrected chi connectivity index (χ1v) is 11.3. The number of carbonyl (C=O) groups is 1. The van der Waals surface area contributed by atoms with Crippen molar-refractivity contribution >= 4 is 46.4 Å². The first-order chi connectivity index (χ1) is 14.9. The maximum Gasteiger partial charge on any atom is 0.227 e. The summed E-state index contributed by atoms with van der Waals surface area (Å²) in [5, 5.41) is 11.7. The van der Waals surface area contributed by atoms with Gasteiger partial charge in [-0.1, -0.05) is 65.2 Å². The number of hydrogen-bond acceptors (Lipinski definition) is 3. The van der Waals surface area contributed by atoms with Gasteiger partial charge in [-0.15, -0.1) is 0 Å². The zero-order chi connectivity index (χ0) is 22.0. The van der Waals surface area contributed by atoms with E-state index in [1.165, 1.54) is 0 Å². The molecule has 4 nitrogen and oxygen atoms in total. The number of piperazine rings is 1. The number of aliphatic hydroxyl groups excluding tert-OH is 1. The van der Waals surface area contributed by atoms with Crippen molar-refractivity contribution in [2.75, 3.05) is 24.5 Å². The minimum Gasteiger partial charge on any atom is -0.389 e. The fraction of sp³-hybridized carbons (Fsp3) is 0.292. The average molecular weight is 478 g/mol. The molecule has 2 unspecified atom stereocenters. The van der Waals surface area contributed by atoms with Gasteiger partial charge < -0.3 is 14.9 Å². The lowest BCUT2D eigenvalue weighted by atomic mass is 9.99. The maximum atomic E-state index is 13.0. The fourth-order valence-electron chi connectivity index (χ4n) is 4.12. The van der Waals surface area contributed by atoms with Gasteiger partial charge in [0, 0.05) is 29.7 Å². The molecule has 1 aliphatic carbocycles. The van der Waals surface area contributed by atoms with Crippen molar-refractivity contribution in [3.63, 3.8) is 0 Å². The first-order valence-electron chi connectivity index (χ1n) is 10.2. The van der Waals surface area contributed by atoms with Gasteiger partial charge in [0.15, 0.2) is 0 Å². The molecular formula is C24H23Cl3N2O2. The van der Waals surface area contributed by atoms with Crippen LogP contribution in [-0.4, -0.2) is 41.7 Å². The lowest BCUT2D eigenvalue weighted by Crippen LogP contribution is -2.50. The molecule has 1 N–H and O–H groups in total. The van der Waals surface area contributed by atoms with Crippen LogP contribution >= 0.6 is 34.8 Å². The van der Waals surface area contributed by atoms with Crippen molar-refractivity contribution in [2.45, 2.75) is 25.0 Å². The fourth-order valence-corrected chi connectivity index (χ4v) is 4.76. The SMILES string of the molecule is O=C(CC1=CC(O)CC=C1)N1CCN(c2ccc(Cl)cc2Cl)C(c2ccc(Cl)cc2)C1. The summed E-state index contributed by atoms with van der Waals surface area (Å²) in [6, 6.07) is 13.1. The van der Waals surface area contributed by atoms with Crippen LogP contribution in [0.4, 0.5) is 5.69 Å². The van der Waals surface area contributed by atoms with Crippen molar-refractivity contribution in [3.05, 3.63) is 86.9 Å². The molecule has 0 aromatic heterocycles. The highest BCUT2D eigenvalue weighted by Crippen LogP contribution is 2.37. The highest BCUT2D eigenvalue weighted by atomic mass is 35.5. The quantitative estimate of drug-likeness (QED) is 0.616. The van der Waals surface area contributed by atoms with Crippen LogP contribution in [0.1, 0.15) is 24.4 Å². The number of allylic oxidation sites excluding steroid dienone is 1. The monoisotopic (exact) mass is 476 g/mol. The Morgan fingerprint density at radius 2 is 1.77 bits per heavy atom. The first kappa shape index (κ1) is 22.2. The second-order valence-corrected chi connectivity index (χ2v) is 9.10. The lowest BCUT2D eigenvalue weighted by molar-refractivity contribution is -0.131. The number of halogens is 3. The highest BCUT2D eigenvalue weighted by molar-refractivity contribution is 6.36. The number of anilines is 1. The summed E-state index contributed by atoms with van der Waals surface area (Å²) < 4.78 is 0. The van der Waals surface area contributed by atoms with Gasteiger partial charge in [0.2, 0.25) is 5.91 Å². The third-order valence-electron chi connectivity index (χ3n) is 5.68. The molecular weight excluding hydrogens is 455 g/mol. The van der Waals surface area contributed by atoms with E-state index in [1.54, 1.807) is 12.1 Å². The van der Waals surface area contributed by atoms with Gasteiger partial charge in [-0.3, -0.25) is 4.79 Å². The molecule has 2 aliphatic rings. The molecule has 1 fully saturated rings. The van der Waals surface area contributed by atoms with Crippen molar-refractivity contribution in [3.8, 4) is 0 Å². The second kappa shape index (κ2) is 9.66. The van der Waals surface area contributed by atoms with Gasteiger partial charge in [0.25, 0.3) is 0 Å². The van der Waals surface area contributed by atoms with Crippen molar-refractivity contribution in [2.24, 2.45) is 0 Å². The summed E-state index contributed by atoms with van der Waals surface area (Å²) in [6.07, 6.45) is 5.95. The Morgan fingerprint density at radius 1 is 1.03 bits per heavy atom. The van der Waals surface area contributed by atoms with Crippen LogP contribution < -0.4 is 4.90 Å². The van der Waals surface area contributed by atoms with Crippen molar-refractivity contribution < 1.29 is 9.90 Å². The Balaban J connectivity index is 1.59. The molecule has 0 radical (unpaired) electrons. The number of carbonyl (C=O) groups excluding carboxylic acids is 1. The number of hydrogen-bond donors (Lipinski definition) is 1. The van der Waals surface area contributed by atoms with Gasteiger partial charge in [-0.2, -0.15) is 0 Å². The lowest BCUT2D eigenvalue weighted by Gasteiger charge is -2.43. The second-order valence-electron chi connectivity index (χ2n) is 7.82. The van der Waals surface area contributed by atoms with E-state index >= 15 is 0 Å². The Labute approximate surface area is 197 Å². The van der Waals surface area contributed by atoms with Crippen LogP contribution in [0.25, 0.3) is 0 Å². The highest BCUT2D eigenvalue weighted by Gasteiger charge is 2.32. The normalized spacial score (nSPS) is 21.2. The van der Waals surface area contributed by atoms with Crippen LogP contribution in [-0.2, 0) is 4.79 Å². The summed E-state index contributed by atoms with van der Waals surface area (Å²) >= 11 is 18.7. The molecule has 1 heterocycles. The molecule has 1 amide bonds. The number of aliphatic hydroxyl groups is 1. The Hall–Kier alpha value is -1.98. The molecule has 2 aromatic carbocycles. The molecule has 1 aliphatic heterocycles. The standard InChI is InChI=1S/C24H23Cl3N2O2/c25-18-6-4-17(5-7-18)23-15-28(24(31)13-16-2-1-3-20(30)12-16)10-11-29(23)22-9-8-19(26)14-21(22)27/h1-2,4-9,12,14,20,23,30H,3,10-11,13,15H2. The van der Waals surface area contributed by atoms with E-state index in [4.69, 9.17) is 34.8 Å². The van der Waals surface area contributed by atoms with Crippen LogP contribution in [0.5, 0.6) is 0 Å². The molecule has 0 spiro atoms. The van der Waals surface area contributed by atoms with Gasteiger partial charge >= 0.3 is 0 Å². The van der Waals surface area contributed by atoms with Crippen LogP contribution in [0.3, 0.4) is 0 Å². The number of rotatable bonds is 4. The summed E-state index contributed by atoms with van der Waals surface area (Å²) in [5.41, 5.74) is 2.80. The van der Waals surface area contributed by atoms with E-state index < -0.39 is 6.10 Å². The van der Waals surface area contributed by atoms with E-state index in [-0.39, 0.29) is 18.4 Å². The molecule has 162 valence electrons. The van der Waals surface area contributed by atoms with Crippen LogP contribution in [0.2, 0.25) is 15.1 Å². The Kier molecular flexibility index (Phi) is 6.92. The van der Waals surface area contributed by atoms with Crippen molar-refractivity contribution in [1.82, 2.24) is 4.90 Å². The number of benzene rings is 2. The van der Waals surface area contributed by atoms with E-state index in [2.05, 4.69) is 4.90 Å². The minimum absolute atomic E-state index is 0.0471. The summed E-state index contributed by atoms with van der Waals surface area (Å²) in [6.45, 7) is 1.75. The van der Waals surface area contributed by atoms with Gasteiger partial charge in [0.05, 0.1) is 29.3 Å². The third-order valence-corrected chi connectivity index (χ3v) is 6.47. The summed E-state index contributed by atoms with van der Waals surface area (Å²) in [5.74, 6) is 0.0471. The largest absolute Gasteiger partial charge is 0.389 e. The smallest absolute Gasteiger partial charge is 0.227 e. The minimum atomic E-state index is -0.515. The van der Waals surface area contributed by atoms with Gasteiger partial charge in [0.1, 0.15) is 0 Å². The average Bonchev–Trinajstić information content (AvgIpc) is 2.74. The van der Waals surface area contributed by atoms with E-state index in [9.17, 15) is 9.90 Å².